The zero-order valence-corrected chi connectivity index (χ0v) is 15.9. The van der Waals surface area contributed by atoms with Crippen LogP contribution in [0.25, 0.3) is 27.8 Å². The Labute approximate surface area is 160 Å². The molecule has 10 heteroatoms. The Balaban J connectivity index is 1.96. The van der Waals surface area contributed by atoms with Crippen molar-refractivity contribution in [2.45, 2.75) is 11.8 Å². The molecular weight excluding hydrogens is 382 g/mol. The number of aliphatic hydroxyl groups excluding tert-OH is 1. The highest BCUT2D eigenvalue weighted by atomic mass is 32.2. The minimum Gasteiger partial charge on any atom is -0.495 e. The van der Waals surface area contributed by atoms with Crippen molar-refractivity contribution in [2.24, 2.45) is 0 Å². The van der Waals surface area contributed by atoms with Crippen LogP contribution in [0.2, 0.25) is 0 Å². The lowest BCUT2D eigenvalue weighted by atomic mass is 10.1. The van der Waals surface area contributed by atoms with Gasteiger partial charge in [-0.05, 0) is 25.1 Å². The summed E-state index contributed by atoms with van der Waals surface area (Å²) in [4.78, 5) is -0.115. The van der Waals surface area contributed by atoms with Gasteiger partial charge in [0.2, 0.25) is 10.0 Å². The summed E-state index contributed by atoms with van der Waals surface area (Å²) < 4.78 is 33.6. The lowest BCUT2D eigenvalue weighted by Crippen LogP contribution is -2.25. The Bertz CT molecular complexity index is 1300. The van der Waals surface area contributed by atoms with Gasteiger partial charge in [0.25, 0.3) is 0 Å². The Morgan fingerprint density at radius 1 is 1.14 bits per heavy atom. The number of benzene rings is 2. The van der Waals surface area contributed by atoms with Gasteiger partial charge in [0.05, 0.1) is 12.8 Å². The Hall–Kier alpha value is -3.08. The lowest BCUT2D eigenvalue weighted by molar-refractivity contribution is 0.288. The van der Waals surface area contributed by atoms with E-state index in [2.05, 4.69) is 15.3 Å². The third-order valence-electron chi connectivity index (χ3n) is 4.41. The molecule has 2 N–H and O–H groups in total. The first kappa shape index (κ1) is 18.3. The van der Waals surface area contributed by atoms with Crippen LogP contribution in [0.1, 0.15) is 5.69 Å². The Kier molecular flexibility index (Phi) is 4.46. The number of hydrogen-bond donors (Lipinski definition) is 2. The number of aryl methyl sites for hydroxylation is 1. The summed E-state index contributed by atoms with van der Waals surface area (Å²) in [5, 5.41) is 23.9. The van der Waals surface area contributed by atoms with Crippen LogP contribution in [-0.2, 0) is 10.0 Å². The molecule has 0 aliphatic heterocycles. The van der Waals surface area contributed by atoms with Gasteiger partial charge in [0.15, 0.2) is 11.5 Å². The number of aliphatic hydroxyl groups is 1. The van der Waals surface area contributed by atoms with Crippen LogP contribution in [0.3, 0.4) is 0 Å². The second kappa shape index (κ2) is 6.82. The minimum atomic E-state index is -3.97. The summed E-state index contributed by atoms with van der Waals surface area (Å²) in [7, 11) is -2.59. The lowest BCUT2D eigenvalue weighted by Gasteiger charge is -2.11. The molecule has 0 fully saturated rings. The number of nitrogens with one attached hydrogen (secondary N) is 1. The molecule has 144 valence electrons. The second-order valence-corrected chi connectivity index (χ2v) is 7.80. The minimum absolute atomic E-state index is 0.115. The zero-order valence-electron chi connectivity index (χ0n) is 15.1. The highest BCUT2D eigenvalue weighted by Gasteiger charge is 2.22. The van der Waals surface area contributed by atoms with E-state index >= 15 is 0 Å². The normalized spacial score (nSPS) is 12.0. The molecule has 4 rings (SSSR count). The van der Waals surface area contributed by atoms with Crippen LogP contribution in [0, 0.1) is 6.92 Å². The number of methoxy groups -OCH3 is 1. The monoisotopic (exact) mass is 399 g/mol. The number of aromatic nitrogens is 4. The first-order valence-electron chi connectivity index (χ1n) is 8.36. The molecule has 2 heterocycles. The van der Waals surface area contributed by atoms with Gasteiger partial charge in [-0.1, -0.05) is 24.3 Å². The molecule has 0 aliphatic carbocycles. The molecule has 0 unspecified atom stereocenters. The maximum absolute atomic E-state index is 12.4. The molecule has 0 amide bonds. The standard InChI is InChI=1S/C18H17N5O4S/c1-11-13-5-3-4-6-14(13)18-21-20-17(23(18)22-11)12-7-8-15(27-2)16(9-12)28(25,26)19-10-24/h3-9,19,24H,10H2,1-2H3. The van der Waals surface area contributed by atoms with Gasteiger partial charge >= 0.3 is 0 Å². The van der Waals surface area contributed by atoms with Gasteiger partial charge in [0, 0.05) is 16.3 Å². The fourth-order valence-electron chi connectivity index (χ4n) is 3.11. The molecular formula is C18H17N5O4S. The topological polar surface area (TPSA) is 119 Å². The predicted octanol–water partition coefficient (Wildman–Crippen LogP) is 1.49. The van der Waals surface area contributed by atoms with Crippen LogP contribution < -0.4 is 9.46 Å². The van der Waals surface area contributed by atoms with E-state index in [-0.39, 0.29) is 10.6 Å². The number of rotatable bonds is 5. The summed E-state index contributed by atoms with van der Waals surface area (Å²) >= 11 is 0. The van der Waals surface area contributed by atoms with Gasteiger partial charge < -0.3 is 9.84 Å². The van der Waals surface area contributed by atoms with E-state index in [4.69, 9.17) is 9.84 Å². The molecule has 0 spiro atoms. The highest BCUT2D eigenvalue weighted by molar-refractivity contribution is 7.89. The first-order chi connectivity index (χ1) is 13.5. The van der Waals surface area contributed by atoms with Crippen molar-refractivity contribution in [2.75, 3.05) is 13.8 Å². The molecule has 9 nitrogen and oxygen atoms in total. The summed E-state index contributed by atoms with van der Waals surface area (Å²) in [5.74, 6) is 0.542. The van der Waals surface area contributed by atoms with E-state index in [0.717, 1.165) is 16.5 Å². The van der Waals surface area contributed by atoms with Gasteiger partial charge in [-0.2, -0.15) is 14.3 Å². The molecule has 0 saturated carbocycles. The number of sulfonamides is 1. The highest BCUT2D eigenvalue weighted by Crippen LogP contribution is 2.30. The molecule has 0 atom stereocenters. The smallest absolute Gasteiger partial charge is 0.246 e. The van der Waals surface area contributed by atoms with Gasteiger partial charge in [-0.15, -0.1) is 10.2 Å². The predicted molar refractivity (Wildman–Crippen MR) is 102 cm³/mol. The average Bonchev–Trinajstić information content (AvgIpc) is 3.11. The Morgan fingerprint density at radius 3 is 2.61 bits per heavy atom. The van der Waals surface area contributed by atoms with E-state index in [1.54, 1.807) is 10.6 Å². The van der Waals surface area contributed by atoms with Crippen molar-refractivity contribution in [3.05, 3.63) is 48.2 Å². The largest absolute Gasteiger partial charge is 0.495 e. The molecule has 2 aromatic heterocycles. The number of ether oxygens (including phenoxy) is 1. The van der Waals surface area contributed by atoms with Crippen molar-refractivity contribution in [3.8, 4) is 17.1 Å². The average molecular weight is 399 g/mol. The van der Waals surface area contributed by atoms with Crippen LogP contribution in [0.4, 0.5) is 0 Å². The molecule has 0 bridgehead atoms. The third-order valence-corrected chi connectivity index (χ3v) is 5.82. The second-order valence-electron chi connectivity index (χ2n) is 6.06. The quantitative estimate of drug-likeness (QED) is 0.488. The van der Waals surface area contributed by atoms with Crippen molar-refractivity contribution < 1.29 is 18.3 Å². The van der Waals surface area contributed by atoms with Gasteiger partial charge in [-0.3, -0.25) is 0 Å². The summed E-state index contributed by atoms with van der Waals surface area (Å²) in [6.07, 6.45) is 0. The Morgan fingerprint density at radius 2 is 1.89 bits per heavy atom. The van der Waals surface area contributed by atoms with Gasteiger partial charge in [-0.25, -0.2) is 8.42 Å². The molecule has 4 aromatic rings. The zero-order chi connectivity index (χ0) is 19.9. The maximum Gasteiger partial charge on any atom is 0.246 e. The summed E-state index contributed by atoms with van der Waals surface area (Å²) in [6.45, 7) is 1.16. The summed E-state index contributed by atoms with van der Waals surface area (Å²) in [5.41, 5.74) is 1.87. The SMILES string of the molecule is COc1ccc(-c2nnc3c4ccccc4c(C)nn23)cc1S(=O)(=O)NCO. The number of nitrogens with zero attached hydrogens (tertiary/aromatic N) is 4. The van der Waals surface area contributed by atoms with Crippen molar-refractivity contribution in [3.63, 3.8) is 0 Å². The van der Waals surface area contributed by atoms with Gasteiger partial charge in [0.1, 0.15) is 17.4 Å². The maximum atomic E-state index is 12.4. The fraction of sp³-hybridized carbons (Fsp3) is 0.167. The molecule has 28 heavy (non-hydrogen) atoms. The third kappa shape index (κ3) is 2.87. The molecule has 0 saturated heterocycles. The van der Waals surface area contributed by atoms with Crippen molar-refractivity contribution in [1.29, 1.82) is 0 Å². The summed E-state index contributed by atoms with van der Waals surface area (Å²) in [6, 6.07) is 12.4. The van der Waals surface area contributed by atoms with E-state index in [1.165, 1.54) is 19.2 Å². The van der Waals surface area contributed by atoms with Crippen LogP contribution >= 0.6 is 0 Å². The van der Waals surface area contributed by atoms with E-state index in [9.17, 15) is 8.42 Å². The molecule has 0 radical (unpaired) electrons. The van der Waals surface area contributed by atoms with Crippen LogP contribution in [0.5, 0.6) is 5.75 Å². The van der Waals surface area contributed by atoms with Crippen molar-refractivity contribution in [1.82, 2.24) is 24.5 Å². The fourth-order valence-corrected chi connectivity index (χ4v) is 4.13. The van der Waals surface area contributed by atoms with Crippen LogP contribution in [-0.4, -0.2) is 47.2 Å². The first-order valence-corrected chi connectivity index (χ1v) is 9.84. The molecule has 0 aliphatic rings. The number of fused-ring (bicyclic) bond motifs is 3. The van der Waals surface area contributed by atoms with E-state index in [1.807, 2.05) is 35.9 Å². The van der Waals surface area contributed by atoms with E-state index in [0.29, 0.717) is 17.0 Å². The van der Waals surface area contributed by atoms with Crippen molar-refractivity contribution >= 4 is 26.4 Å². The van der Waals surface area contributed by atoms with Crippen LogP contribution in [0.15, 0.2) is 47.4 Å². The van der Waals surface area contributed by atoms with E-state index < -0.39 is 16.8 Å². The molecule has 2 aromatic carbocycles. The number of hydrogen-bond acceptors (Lipinski definition) is 7.